The van der Waals surface area contributed by atoms with Crippen molar-refractivity contribution in [3.63, 3.8) is 0 Å². The smallest absolute Gasteiger partial charge is 0.133 e. The molecule has 1 heterocycles. The summed E-state index contributed by atoms with van der Waals surface area (Å²) < 4.78 is 0. The van der Waals surface area contributed by atoms with Crippen molar-refractivity contribution in [3.8, 4) is 0 Å². The van der Waals surface area contributed by atoms with Crippen molar-refractivity contribution in [3.05, 3.63) is 36.0 Å². The van der Waals surface area contributed by atoms with Crippen molar-refractivity contribution in [2.45, 2.75) is 6.92 Å². The first-order valence-electron chi connectivity index (χ1n) is 4.34. The molecule has 0 fully saturated rings. The van der Waals surface area contributed by atoms with Crippen LogP contribution in [0.25, 0.3) is 10.8 Å². The van der Waals surface area contributed by atoms with Gasteiger partial charge in [0.2, 0.25) is 0 Å². The van der Waals surface area contributed by atoms with E-state index in [0.717, 1.165) is 5.82 Å². The van der Waals surface area contributed by atoms with E-state index in [1.54, 1.807) is 0 Å². The van der Waals surface area contributed by atoms with E-state index in [4.69, 9.17) is 0 Å². The fourth-order valence-corrected chi connectivity index (χ4v) is 1.50. The average molecular weight is 172 g/mol. The summed E-state index contributed by atoms with van der Waals surface area (Å²) >= 11 is 0. The zero-order valence-corrected chi connectivity index (χ0v) is 7.83. The van der Waals surface area contributed by atoms with Crippen LogP contribution in [0.5, 0.6) is 0 Å². The van der Waals surface area contributed by atoms with Gasteiger partial charge in [0.05, 0.1) is 0 Å². The van der Waals surface area contributed by atoms with Crippen LogP contribution < -0.4 is 5.32 Å². The number of hydrogen-bond acceptors (Lipinski definition) is 2. The van der Waals surface area contributed by atoms with Gasteiger partial charge in [-0.15, -0.1) is 0 Å². The molecule has 0 spiro atoms. The van der Waals surface area contributed by atoms with Gasteiger partial charge in [0.25, 0.3) is 0 Å². The molecular weight excluding hydrogens is 160 g/mol. The molecule has 2 heteroatoms. The molecule has 0 unspecified atom stereocenters. The van der Waals surface area contributed by atoms with Gasteiger partial charge in [0, 0.05) is 18.6 Å². The van der Waals surface area contributed by atoms with Crippen LogP contribution in [0, 0.1) is 6.92 Å². The number of pyridine rings is 1. The number of aryl methyl sites for hydroxylation is 1. The number of benzene rings is 1. The van der Waals surface area contributed by atoms with E-state index in [2.05, 4.69) is 35.4 Å². The first-order chi connectivity index (χ1) is 6.31. The molecule has 0 aliphatic heterocycles. The fourth-order valence-electron chi connectivity index (χ4n) is 1.50. The number of fused-ring (bicyclic) bond motifs is 1. The number of anilines is 1. The molecule has 0 atom stereocenters. The van der Waals surface area contributed by atoms with Gasteiger partial charge in [-0.1, -0.05) is 23.8 Å². The predicted molar refractivity (Wildman–Crippen MR) is 56.0 cm³/mol. The molecule has 0 amide bonds. The lowest BCUT2D eigenvalue weighted by atomic mass is 10.1. The molecule has 66 valence electrons. The van der Waals surface area contributed by atoms with Crippen LogP contribution >= 0.6 is 0 Å². The minimum Gasteiger partial charge on any atom is -0.373 e. The van der Waals surface area contributed by atoms with Crippen LogP contribution in [0.4, 0.5) is 5.82 Å². The van der Waals surface area contributed by atoms with E-state index in [1.807, 2.05) is 19.3 Å². The van der Waals surface area contributed by atoms with E-state index in [-0.39, 0.29) is 0 Å². The molecule has 13 heavy (non-hydrogen) atoms. The number of aromatic nitrogens is 1. The van der Waals surface area contributed by atoms with Gasteiger partial charge >= 0.3 is 0 Å². The molecule has 1 aromatic heterocycles. The Hall–Kier alpha value is -1.57. The Morgan fingerprint density at radius 2 is 2.08 bits per heavy atom. The van der Waals surface area contributed by atoms with Crippen molar-refractivity contribution in [1.29, 1.82) is 0 Å². The van der Waals surface area contributed by atoms with Gasteiger partial charge in [-0.3, -0.25) is 0 Å². The quantitative estimate of drug-likeness (QED) is 0.715. The summed E-state index contributed by atoms with van der Waals surface area (Å²) in [6, 6.07) is 8.40. The van der Waals surface area contributed by atoms with Crippen LogP contribution in [-0.4, -0.2) is 12.0 Å². The van der Waals surface area contributed by atoms with Crippen molar-refractivity contribution < 1.29 is 0 Å². The zero-order chi connectivity index (χ0) is 9.26. The molecule has 0 aliphatic carbocycles. The van der Waals surface area contributed by atoms with Crippen molar-refractivity contribution in [2.24, 2.45) is 0 Å². The van der Waals surface area contributed by atoms with E-state index < -0.39 is 0 Å². The summed E-state index contributed by atoms with van der Waals surface area (Å²) in [7, 11) is 1.89. The summed E-state index contributed by atoms with van der Waals surface area (Å²) in [5.74, 6) is 0.942. The lowest BCUT2D eigenvalue weighted by Crippen LogP contribution is -1.92. The van der Waals surface area contributed by atoms with Gasteiger partial charge in [0.1, 0.15) is 5.82 Å². The highest BCUT2D eigenvalue weighted by Gasteiger charge is 1.98. The van der Waals surface area contributed by atoms with Crippen LogP contribution in [0.15, 0.2) is 30.5 Å². The van der Waals surface area contributed by atoms with Gasteiger partial charge in [-0.05, 0) is 18.4 Å². The highest BCUT2D eigenvalue weighted by atomic mass is 14.9. The number of nitrogens with one attached hydrogen (secondary N) is 1. The van der Waals surface area contributed by atoms with Crippen molar-refractivity contribution in [1.82, 2.24) is 4.98 Å². The molecular formula is C11H12N2. The van der Waals surface area contributed by atoms with E-state index in [0.29, 0.717) is 0 Å². The van der Waals surface area contributed by atoms with Crippen molar-refractivity contribution in [2.75, 3.05) is 12.4 Å². The molecule has 0 bridgehead atoms. The summed E-state index contributed by atoms with van der Waals surface area (Å²) in [6.07, 6.45) is 1.83. The third-order valence-electron chi connectivity index (χ3n) is 2.16. The van der Waals surface area contributed by atoms with Crippen molar-refractivity contribution >= 4 is 16.6 Å². The molecule has 2 nitrogen and oxygen atoms in total. The van der Waals surface area contributed by atoms with Gasteiger partial charge in [0.15, 0.2) is 0 Å². The highest BCUT2D eigenvalue weighted by molar-refractivity contribution is 5.91. The molecule has 0 saturated carbocycles. The lowest BCUT2D eigenvalue weighted by molar-refractivity contribution is 1.31. The first-order valence-corrected chi connectivity index (χ1v) is 4.34. The minimum absolute atomic E-state index is 0.942. The van der Waals surface area contributed by atoms with E-state index in [9.17, 15) is 0 Å². The maximum absolute atomic E-state index is 4.24. The zero-order valence-electron chi connectivity index (χ0n) is 7.83. The van der Waals surface area contributed by atoms with Gasteiger partial charge in [-0.2, -0.15) is 0 Å². The Morgan fingerprint density at radius 1 is 1.23 bits per heavy atom. The largest absolute Gasteiger partial charge is 0.373 e. The third kappa shape index (κ3) is 1.35. The summed E-state index contributed by atoms with van der Waals surface area (Å²) in [5.41, 5.74) is 1.28. The monoisotopic (exact) mass is 172 g/mol. The molecule has 2 rings (SSSR count). The molecule has 0 aliphatic rings. The molecule has 1 aromatic carbocycles. The fraction of sp³-hybridized carbons (Fsp3) is 0.182. The van der Waals surface area contributed by atoms with E-state index >= 15 is 0 Å². The maximum Gasteiger partial charge on any atom is 0.133 e. The summed E-state index contributed by atoms with van der Waals surface area (Å²) in [4.78, 5) is 4.24. The van der Waals surface area contributed by atoms with Crippen LogP contribution in [-0.2, 0) is 0 Å². The topological polar surface area (TPSA) is 24.9 Å². The Balaban J connectivity index is 2.77. The SMILES string of the molecule is CNc1nccc2cc(C)ccc12. The minimum atomic E-state index is 0.942. The number of nitrogens with zero attached hydrogens (tertiary/aromatic N) is 1. The second-order valence-corrected chi connectivity index (χ2v) is 3.13. The molecule has 1 N–H and O–H groups in total. The number of rotatable bonds is 1. The van der Waals surface area contributed by atoms with Gasteiger partial charge < -0.3 is 5.32 Å². The predicted octanol–water partition coefficient (Wildman–Crippen LogP) is 2.58. The first kappa shape index (κ1) is 8.05. The van der Waals surface area contributed by atoms with Gasteiger partial charge in [-0.25, -0.2) is 4.98 Å². The second kappa shape index (κ2) is 3.05. The Kier molecular flexibility index (Phi) is 1.89. The number of hydrogen-bond donors (Lipinski definition) is 1. The van der Waals surface area contributed by atoms with Crippen LogP contribution in [0.3, 0.4) is 0 Å². The Labute approximate surface area is 77.6 Å². The molecule has 0 radical (unpaired) electrons. The average Bonchev–Trinajstić information content (AvgIpc) is 2.16. The molecule has 2 aromatic rings. The van der Waals surface area contributed by atoms with Crippen LogP contribution in [0.1, 0.15) is 5.56 Å². The normalized spacial score (nSPS) is 10.3. The Bertz CT molecular complexity index is 435. The lowest BCUT2D eigenvalue weighted by Gasteiger charge is -2.04. The standard InChI is InChI=1S/C11H12N2/c1-8-3-4-10-9(7-8)5-6-13-11(10)12-2/h3-7H,1-2H3,(H,12,13). The highest BCUT2D eigenvalue weighted by Crippen LogP contribution is 2.21. The summed E-state index contributed by atoms with van der Waals surface area (Å²) in [5, 5.41) is 5.49. The Morgan fingerprint density at radius 3 is 2.85 bits per heavy atom. The molecule has 0 saturated heterocycles. The van der Waals surface area contributed by atoms with Crippen LogP contribution in [0.2, 0.25) is 0 Å². The third-order valence-corrected chi connectivity index (χ3v) is 2.16. The maximum atomic E-state index is 4.24. The summed E-state index contributed by atoms with van der Waals surface area (Å²) in [6.45, 7) is 2.10. The second-order valence-electron chi connectivity index (χ2n) is 3.13. The van der Waals surface area contributed by atoms with E-state index in [1.165, 1.54) is 16.3 Å².